The molecule has 4 rings (SSSR count). The topological polar surface area (TPSA) is 110 Å². The number of non-ortho nitro benzene ring substituents is 1. The lowest BCUT2D eigenvalue weighted by molar-refractivity contribution is -0.384. The third kappa shape index (κ3) is 3.99. The first-order valence-corrected chi connectivity index (χ1v) is 10.5. The van der Waals surface area contributed by atoms with E-state index in [1.54, 1.807) is 31.7 Å². The van der Waals surface area contributed by atoms with Gasteiger partial charge in [0, 0.05) is 18.2 Å². The van der Waals surface area contributed by atoms with Gasteiger partial charge in [-0.15, -0.1) is 11.3 Å². The van der Waals surface area contributed by atoms with Gasteiger partial charge in [-0.1, -0.05) is 12.1 Å². The van der Waals surface area contributed by atoms with Crippen molar-refractivity contribution < 1.29 is 19.5 Å². The van der Waals surface area contributed by atoms with E-state index in [4.69, 9.17) is 9.47 Å². The molecule has 2 N–H and O–H groups in total. The van der Waals surface area contributed by atoms with E-state index in [-0.39, 0.29) is 23.7 Å². The summed E-state index contributed by atoms with van der Waals surface area (Å²) >= 11 is 1.33. The number of benzene rings is 2. The van der Waals surface area contributed by atoms with Crippen LogP contribution in [0, 0.1) is 10.1 Å². The lowest BCUT2D eigenvalue weighted by atomic mass is 9.92. The van der Waals surface area contributed by atoms with Crippen LogP contribution in [-0.4, -0.2) is 35.3 Å². The number of nitrogens with one attached hydrogen (secondary N) is 1. The average Bonchev–Trinajstić information content (AvgIpc) is 3.14. The number of aromatic nitrogens is 1. The molecule has 0 radical (unpaired) electrons. The molecular weight excluding hydrogens is 420 g/mol. The SMILES string of the molecule is COc1cc2c(cc1OC)[C@H](c1ccc([N+](=O)[O-])cc1)NN(c1nc(O)cs1)[C@H](C)C2. The number of fused-ring (bicyclic) bond motifs is 1. The molecular formula is C21H22N4O5S. The van der Waals surface area contributed by atoms with Crippen molar-refractivity contribution in [2.75, 3.05) is 19.2 Å². The highest BCUT2D eigenvalue weighted by molar-refractivity contribution is 7.13. The lowest BCUT2D eigenvalue weighted by Crippen LogP contribution is -2.45. The van der Waals surface area contributed by atoms with Gasteiger partial charge < -0.3 is 14.6 Å². The quantitative estimate of drug-likeness (QED) is 0.453. The van der Waals surface area contributed by atoms with Crippen LogP contribution < -0.4 is 19.9 Å². The zero-order valence-corrected chi connectivity index (χ0v) is 18.0. The molecule has 162 valence electrons. The van der Waals surface area contributed by atoms with Crippen LogP contribution in [0.15, 0.2) is 41.8 Å². The van der Waals surface area contributed by atoms with Crippen molar-refractivity contribution in [2.45, 2.75) is 25.4 Å². The molecule has 1 aliphatic rings. The highest BCUT2D eigenvalue weighted by atomic mass is 32.1. The van der Waals surface area contributed by atoms with Crippen LogP contribution in [0.1, 0.15) is 29.7 Å². The molecule has 0 bridgehead atoms. The second-order valence-electron chi connectivity index (χ2n) is 7.23. The third-order valence-corrected chi connectivity index (χ3v) is 6.13. The molecule has 3 aromatic rings. The Bertz CT molecular complexity index is 1100. The van der Waals surface area contributed by atoms with Crippen LogP contribution >= 0.6 is 11.3 Å². The van der Waals surface area contributed by atoms with E-state index in [1.165, 1.54) is 23.5 Å². The van der Waals surface area contributed by atoms with Gasteiger partial charge in [0.15, 0.2) is 11.5 Å². The molecule has 31 heavy (non-hydrogen) atoms. The number of nitro benzene ring substituents is 1. The molecule has 0 unspecified atom stereocenters. The summed E-state index contributed by atoms with van der Waals surface area (Å²) in [7, 11) is 3.18. The fourth-order valence-corrected chi connectivity index (χ4v) is 4.54. The summed E-state index contributed by atoms with van der Waals surface area (Å²) in [5, 5.41) is 25.0. The van der Waals surface area contributed by atoms with E-state index >= 15 is 0 Å². The molecule has 9 nitrogen and oxygen atoms in total. The van der Waals surface area contributed by atoms with Crippen molar-refractivity contribution in [3.8, 4) is 17.4 Å². The lowest BCUT2D eigenvalue weighted by Gasteiger charge is -2.30. The van der Waals surface area contributed by atoms with Gasteiger partial charge in [0.25, 0.3) is 5.69 Å². The fourth-order valence-electron chi connectivity index (χ4n) is 3.78. The standard InChI is InChI=1S/C21H22N4O5S/c1-12-8-14-9-17(29-2)18(30-3)10-16(14)20(13-4-6-15(7-5-13)25(27)28)23-24(12)21-22-19(26)11-31-21/h4-7,9-12,20,23,26H,8H2,1-3H3/t12-,20+/m1/s1. The van der Waals surface area contributed by atoms with Gasteiger partial charge >= 0.3 is 0 Å². The molecule has 2 heterocycles. The van der Waals surface area contributed by atoms with Crippen molar-refractivity contribution in [1.82, 2.24) is 10.4 Å². The third-order valence-electron chi connectivity index (χ3n) is 5.30. The first kappa shape index (κ1) is 20.9. The van der Waals surface area contributed by atoms with Gasteiger partial charge in [0.2, 0.25) is 11.0 Å². The van der Waals surface area contributed by atoms with Crippen LogP contribution in [0.5, 0.6) is 17.4 Å². The molecule has 2 aromatic carbocycles. The Labute approximate surface area is 183 Å². The summed E-state index contributed by atoms with van der Waals surface area (Å²) < 4.78 is 11.0. The summed E-state index contributed by atoms with van der Waals surface area (Å²) in [6, 6.07) is 10.0. The number of aromatic hydroxyl groups is 1. The second-order valence-corrected chi connectivity index (χ2v) is 8.06. The Morgan fingerprint density at radius 1 is 1.23 bits per heavy atom. The first-order valence-electron chi connectivity index (χ1n) is 9.60. The highest BCUT2D eigenvalue weighted by Gasteiger charge is 2.31. The van der Waals surface area contributed by atoms with Gasteiger partial charge in [0.1, 0.15) is 0 Å². The maximum atomic E-state index is 11.1. The summed E-state index contributed by atoms with van der Waals surface area (Å²) in [6.07, 6.45) is 0.687. The minimum absolute atomic E-state index is 0.00505. The number of anilines is 1. The van der Waals surface area contributed by atoms with Crippen LogP contribution in [-0.2, 0) is 6.42 Å². The number of hydrogen-bond acceptors (Lipinski definition) is 9. The van der Waals surface area contributed by atoms with Crippen molar-refractivity contribution in [3.05, 3.63) is 68.6 Å². The molecule has 2 atom stereocenters. The largest absolute Gasteiger partial charge is 0.493 e. The van der Waals surface area contributed by atoms with E-state index in [0.29, 0.717) is 23.1 Å². The Balaban J connectivity index is 1.85. The van der Waals surface area contributed by atoms with Crippen LogP contribution in [0.3, 0.4) is 0 Å². The van der Waals surface area contributed by atoms with E-state index < -0.39 is 4.92 Å². The van der Waals surface area contributed by atoms with E-state index in [9.17, 15) is 15.2 Å². The van der Waals surface area contributed by atoms with Gasteiger partial charge in [-0.3, -0.25) is 15.1 Å². The number of hydrogen-bond donors (Lipinski definition) is 2. The molecule has 0 fully saturated rings. The highest BCUT2D eigenvalue weighted by Crippen LogP contribution is 2.39. The number of thiazole rings is 1. The predicted octanol–water partition coefficient (Wildman–Crippen LogP) is 3.82. The van der Waals surface area contributed by atoms with E-state index in [1.807, 2.05) is 17.1 Å². The van der Waals surface area contributed by atoms with Gasteiger partial charge in [0.05, 0.1) is 30.6 Å². The molecule has 1 aliphatic heterocycles. The van der Waals surface area contributed by atoms with Crippen LogP contribution in [0.2, 0.25) is 0 Å². The Kier molecular flexibility index (Phi) is 5.66. The van der Waals surface area contributed by atoms with Crippen molar-refractivity contribution in [1.29, 1.82) is 0 Å². The molecule has 0 saturated heterocycles. The summed E-state index contributed by atoms with van der Waals surface area (Å²) in [5.41, 5.74) is 6.42. The Morgan fingerprint density at radius 3 is 2.48 bits per heavy atom. The smallest absolute Gasteiger partial charge is 0.269 e. The number of ether oxygens (including phenoxy) is 2. The number of nitrogens with zero attached hydrogens (tertiary/aromatic N) is 3. The number of nitro groups is 1. The summed E-state index contributed by atoms with van der Waals surface area (Å²) in [6.45, 7) is 2.06. The van der Waals surface area contributed by atoms with Crippen molar-refractivity contribution >= 4 is 22.2 Å². The van der Waals surface area contributed by atoms with E-state index in [0.717, 1.165) is 16.7 Å². The number of methoxy groups -OCH3 is 2. The Morgan fingerprint density at radius 2 is 1.90 bits per heavy atom. The van der Waals surface area contributed by atoms with Crippen molar-refractivity contribution in [2.24, 2.45) is 0 Å². The zero-order chi connectivity index (χ0) is 22.1. The second kappa shape index (κ2) is 8.40. The Hall–Kier alpha value is -3.37. The van der Waals surface area contributed by atoms with Crippen LogP contribution in [0.25, 0.3) is 0 Å². The maximum absolute atomic E-state index is 11.1. The molecule has 1 aromatic heterocycles. The van der Waals surface area contributed by atoms with E-state index in [2.05, 4.69) is 17.3 Å². The normalized spacial score (nSPS) is 18.2. The molecule has 0 aliphatic carbocycles. The first-order chi connectivity index (χ1) is 14.9. The average molecular weight is 442 g/mol. The molecule has 10 heteroatoms. The van der Waals surface area contributed by atoms with Gasteiger partial charge in [-0.25, -0.2) is 5.43 Å². The van der Waals surface area contributed by atoms with Gasteiger partial charge in [-0.2, -0.15) is 4.98 Å². The maximum Gasteiger partial charge on any atom is 0.269 e. The van der Waals surface area contributed by atoms with Crippen molar-refractivity contribution in [3.63, 3.8) is 0 Å². The minimum atomic E-state index is -0.418. The predicted molar refractivity (Wildman–Crippen MR) is 117 cm³/mol. The molecule has 0 amide bonds. The zero-order valence-electron chi connectivity index (χ0n) is 17.2. The fraction of sp³-hybridized carbons (Fsp3) is 0.286. The number of rotatable bonds is 5. The number of hydrazine groups is 1. The summed E-state index contributed by atoms with van der Waals surface area (Å²) in [4.78, 5) is 14.9. The minimum Gasteiger partial charge on any atom is -0.493 e. The summed E-state index contributed by atoms with van der Waals surface area (Å²) in [5.74, 6) is 1.20. The molecule has 0 spiro atoms. The van der Waals surface area contributed by atoms with Gasteiger partial charge in [-0.05, 0) is 42.2 Å². The monoisotopic (exact) mass is 442 g/mol. The van der Waals surface area contributed by atoms with Crippen LogP contribution in [0.4, 0.5) is 10.8 Å². The molecule has 0 saturated carbocycles.